The highest BCUT2D eigenvalue weighted by atomic mass is 16.3. The maximum Gasteiger partial charge on any atom is 0.256 e. The molecule has 0 unspecified atom stereocenters. The first-order valence-electron chi connectivity index (χ1n) is 5.05. The Morgan fingerprint density at radius 3 is 2.82 bits per heavy atom. The lowest BCUT2D eigenvalue weighted by Crippen LogP contribution is -2.13. The third-order valence-corrected chi connectivity index (χ3v) is 2.29. The van der Waals surface area contributed by atoms with Crippen LogP contribution in [0.5, 0.6) is 5.75 Å². The minimum Gasteiger partial charge on any atom is -0.508 e. The highest BCUT2D eigenvalue weighted by Gasteiger charge is 2.08. The molecule has 0 saturated carbocycles. The van der Waals surface area contributed by atoms with Crippen LogP contribution in [0.2, 0.25) is 0 Å². The lowest BCUT2D eigenvalue weighted by atomic mass is 10.1. The lowest BCUT2D eigenvalue weighted by molar-refractivity contribution is 0.102. The van der Waals surface area contributed by atoms with Crippen LogP contribution >= 0.6 is 0 Å². The van der Waals surface area contributed by atoms with Gasteiger partial charge in [0.15, 0.2) is 5.82 Å². The van der Waals surface area contributed by atoms with Crippen molar-refractivity contribution < 1.29 is 9.90 Å². The molecule has 86 valence electrons. The van der Waals surface area contributed by atoms with E-state index >= 15 is 0 Å². The Morgan fingerprint density at radius 2 is 2.18 bits per heavy atom. The number of aryl methyl sites for hydroxylation is 1. The van der Waals surface area contributed by atoms with E-state index < -0.39 is 0 Å². The van der Waals surface area contributed by atoms with Crippen molar-refractivity contribution in [2.24, 2.45) is 0 Å². The van der Waals surface area contributed by atoms with Crippen molar-refractivity contribution in [1.29, 1.82) is 0 Å². The fourth-order valence-electron chi connectivity index (χ4n) is 1.31. The van der Waals surface area contributed by atoms with Crippen molar-refractivity contribution in [3.05, 3.63) is 47.7 Å². The number of carbonyl (C=O) groups excluding carboxylic acids is 1. The molecule has 2 rings (SSSR count). The molecule has 1 heterocycles. The number of anilines is 1. The first-order valence-corrected chi connectivity index (χ1v) is 5.05. The standard InChI is InChI=1S/C12H11N3O2/c1-8-4-5-9(7-10(8)16)12(17)14-11-3-2-6-13-15-11/h2-7,16H,1H3,(H,14,15,17). The van der Waals surface area contributed by atoms with Gasteiger partial charge in [0.05, 0.1) is 0 Å². The van der Waals surface area contributed by atoms with Crippen LogP contribution in [0.4, 0.5) is 5.82 Å². The summed E-state index contributed by atoms with van der Waals surface area (Å²) in [6.07, 6.45) is 1.52. The van der Waals surface area contributed by atoms with E-state index in [9.17, 15) is 9.90 Å². The Morgan fingerprint density at radius 1 is 1.35 bits per heavy atom. The van der Waals surface area contributed by atoms with Gasteiger partial charge >= 0.3 is 0 Å². The minimum atomic E-state index is -0.333. The molecular formula is C12H11N3O2. The third kappa shape index (κ3) is 2.57. The highest BCUT2D eigenvalue weighted by molar-refractivity contribution is 6.04. The average molecular weight is 229 g/mol. The van der Waals surface area contributed by atoms with Gasteiger partial charge in [-0.15, -0.1) is 5.10 Å². The van der Waals surface area contributed by atoms with Crippen molar-refractivity contribution in [2.45, 2.75) is 6.92 Å². The van der Waals surface area contributed by atoms with E-state index in [4.69, 9.17) is 0 Å². The molecule has 0 aliphatic carbocycles. The normalized spacial score (nSPS) is 9.94. The van der Waals surface area contributed by atoms with E-state index in [1.807, 2.05) is 0 Å². The topological polar surface area (TPSA) is 75.1 Å². The third-order valence-electron chi connectivity index (χ3n) is 2.29. The Hall–Kier alpha value is -2.43. The van der Waals surface area contributed by atoms with E-state index in [2.05, 4.69) is 15.5 Å². The van der Waals surface area contributed by atoms with Crippen LogP contribution in [-0.2, 0) is 0 Å². The minimum absolute atomic E-state index is 0.0943. The number of nitrogens with one attached hydrogen (secondary N) is 1. The Bertz CT molecular complexity index is 541. The van der Waals surface area contributed by atoms with Gasteiger partial charge < -0.3 is 10.4 Å². The van der Waals surface area contributed by atoms with Gasteiger partial charge in [0, 0.05) is 11.8 Å². The predicted octanol–water partition coefficient (Wildman–Crippen LogP) is 1.74. The van der Waals surface area contributed by atoms with Gasteiger partial charge in [0.1, 0.15) is 5.75 Å². The van der Waals surface area contributed by atoms with Crippen LogP contribution < -0.4 is 5.32 Å². The molecular weight excluding hydrogens is 218 g/mol. The van der Waals surface area contributed by atoms with Crippen LogP contribution in [0.15, 0.2) is 36.5 Å². The van der Waals surface area contributed by atoms with Crippen LogP contribution in [0, 0.1) is 6.92 Å². The first kappa shape index (κ1) is 11.1. The molecule has 1 amide bonds. The molecule has 0 bridgehead atoms. The second-order valence-electron chi connectivity index (χ2n) is 3.56. The van der Waals surface area contributed by atoms with Gasteiger partial charge in [0.2, 0.25) is 0 Å². The Labute approximate surface area is 98.1 Å². The molecule has 1 aromatic heterocycles. The monoisotopic (exact) mass is 229 g/mol. The number of rotatable bonds is 2. The van der Waals surface area contributed by atoms with Crippen molar-refractivity contribution in [2.75, 3.05) is 5.32 Å². The number of phenolic OH excluding ortho intramolecular Hbond substituents is 1. The molecule has 0 aliphatic heterocycles. The molecule has 0 atom stereocenters. The maximum absolute atomic E-state index is 11.8. The van der Waals surface area contributed by atoms with Crippen LogP contribution in [0.25, 0.3) is 0 Å². The SMILES string of the molecule is Cc1ccc(C(=O)Nc2cccnn2)cc1O. The summed E-state index contributed by atoms with van der Waals surface area (Å²) in [6, 6.07) is 8.05. The molecule has 2 aromatic rings. The summed E-state index contributed by atoms with van der Waals surface area (Å²) < 4.78 is 0. The number of aromatic nitrogens is 2. The second kappa shape index (κ2) is 4.61. The summed E-state index contributed by atoms with van der Waals surface area (Å²) in [4.78, 5) is 11.8. The van der Waals surface area contributed by atoms with Crippen LogP contribution in [0.3, 0.4) is 0 Å². The summed E-state index contributed by atoms with van der Waals surface area (Å²) in [5.41, 5.74) is 1.10. The average Bonchev–Trinajstić information content (AvgIpc) is 2.34. The zero-order valence-corrected chi connectivity index (χ0v) is 9.21. The summed E-state index contributed by atoms with van der Waals surface area (Å²) in [7, 11) is 0. The quantitative estimate of drug-likeness (QED) is 0.822. The zero-order chi connectivity index (χ0) is 12.3. The summed E-state index contributed by atoms with van der Waals surface area (Å²) in [5, 5.41) is 19.5. The summed E-state index contributed by atoms with van der Waals surface area (Å²) in [5.74, 6) is 0.134. The fourth-order valence-corrected chi connectivity index (χ4v) is 1.31. The Balaban J connectivity index is 2.18. The van der Waals surface area contributed by atoms with Gasteiger partial charge in [-0.05, 0) is 36.8 Å². The fraction of sp³-hybridized carbons (Fsp3) is 0.0833. The van der Waals surface area contributed by atoms with Gasteiger partial charge in [-0.1, -0.05) is 6.07 Å². The molecule has 5 heteroatoms. The number of benzene rings is 1. The molecule has 0 saturated heterocycles. The van der Waals surface area contributed by atoms with E-state index in [1.54, 1.807) is 31.2 Å². The lowest BCUT2D eigenvalue weighted by Gasteiger charge is -2.05. The molecule has 5 nitrogen and oxygen atoms in total. The second-order valence-corrected chi connectivity index (χ2v) is 3.56. The largest absolute Gasteiger partial charge is 0.508 e. The van der Waals surface area contributed by atoms with Crippen molar-refractivity contribution in [1.82, 2.24) is 10.2 Å². The molecule has 2 N–H and O–H groups in total. The van der Waals surface area contributed by atoms with E-state index in [0.717, 1.165) is 5.56 Å². The smallest absolute Gasteiger partial charge is 0.256 e. The number of carbonyl (C=O) groups is 1. The molecule has 0 aliphatic rings. The molecule has 1 aromatic carbocycles. The van der Waals surface area contributed by atoms with E-state index in [-0.39, 0.29) is 11.7 Å². The first-order chi connectivity index (χ1) is 8.16. The number of amides is 1. The number of hydrogen-bond donors (Lipinski definition) is 2. The van der Waals surface area contributed by atoms with E-state index in [1.165, 1.54) is 12.3 Å². The number of nitrogens with zero attached hydrogens (tertiary/aromatic N) is 2. The van der Waals surface area contributed by atoms with Crippen LogP contribution in [-0.4, -0.2) is 21.2 Å². The van der Waals surface area contributed by atoms with Gasteiger partial charge in [0.25, 0.3) is 5.91 Å². The number of hydrogen-bond acceptors (Lipinski definition) is 4. The summed E-state index contributed by atoms with van der Waals surface area (Å²) >= 11 is 0. The molecule has 0 spiro atoms. The van der Waals surface area contributed by atoms with Crippen molar-refractivity contribution in [3.8, 4) is 5.75 Å². The summed E-state index contributed by atoms with van der Waals surface area (Å²) in [6.45, 7) is 1.76. The Kier molecular flexibility index (Phi) is 3.00. The molecule has 17 heavy (non-hydrogen) atoms. The van der Waals surface area contributed by atoms with Gasteiger partial charge in [-0.3, -0.25) is 4.79 Å². The zero-order valence-electron chi connectivity index (χ0n) is 9.21. The van der Waals surface area contributed by atoms with Crippen LogP contribution in [0.1, 0.15) is 15.9 Å². The maximum atomic E-state index is 11.8. The number of phenols is 1. The van der Waals surface area contributed by atoms with Gasteiger partial charge in [-0.25, -0.2) is 0 Å². The molecule has 0 fully saturated rings. The van der Waals surface area contributed by atoms with Crippen molar-refractivity contribution >= 4 is 11.7 Å². The number of aromatic hydroxyl groups is 1. The van der Waals surface area contributed by atoms with Crippen molar-refractivity contribution in [3.63, 3.8) is 0 Å². The highest BCUT2D eigenvalue weighted by Crippen LogP contribution is 2.18. The predicted molar refractivity (Wildman–Crippen MR) is 62.8 cm³/mol. The molecule has 0 radical (unpaired) electrons. The van der Waals surface area contributed by atoms with Gasteiger partial charge in [-0.2, -0.15) is 5.10 Å². The van der Waals surface area contributed by atoms with E-state index in [0.29, 0.717) is 11.4 Å².